The highest BCUT2D eigenvalue weighted by atomic mass is 32.1. The maximum absolute atomic E-state index is 11.2. The van der Waals surface area contributed by atoms with E-state index < -0.39 is 11.9 Å². The van der Waals surface area contributed by atoms with Crippen LogP contribution in [0.3, 0.4) is 0 Å². The van der Waals surface area contributed by atoms with Crippen molar-refractivity contribution in [1.29, 1.82) is 10.5 Å². The van der Waals surface area contributed by atoms with E-state index in [9.17, 15) is 19.8 Å². The predicted molar refractivity (Wildman–Crippen MR) is 255 cm³/mol. The molecule has 0 spiro atoms. The number of nitrogens with zero attached hydrogens (tertiary/aromatic N) is 3. The molecule has 9 heteroatoms. The molecule has 0 radical (unpaired) electrons. The zero-order chi connectivity index (χ0) is 43.8. The van der Waals surface area contributed by atoms with Crippen molar-refractivity contribution in [1.82, 2.24) is 0 Å². The van der Waals surface area contributed by atoms with Crippen molar-refractivity contribution >= 4 is 88.1 Å². The first-order chi connectivity index (χ1) is 30.0. The van der Waals surface area contributed by atoms with Crippen LogP contribution >= 0.6 is 22.7 Å². The van der Waals surface area contributed by atoms with Gasteiger partial charge in [-0.3, -0.25) is 0 Å². The quantitative estimate of drug-likeness (QED) is 0.0672. The van der Waals surface area contributed by atoms with Crippen LogP contribution in [-0.4, -0.2) is 22.2 Å². The monoisotopic (exact) mass is 845 g/mol. The Morgan fingerprint density at radius 1 is 0.516 bits per heavy atom. The maximum atomic E-state index is 11.2. The Kier molecular flexibility index (Phi) is 13.0. The van der Waals surface area contributed by atoms with Crippen LogP contribution < -0.4 is 4.90 Å². The molecule has 7 aromatic rings. The highest BCUT2D eigenvalue weighted by Crippen LogP contribution is 2.40. The molecule has 2 heterocycles. The fourth-order valence-electron chi connectivity index (χ4n) is 7.04. The molecular formula is C53H39N3O4S2. The number of rotatable bonds is 13. The van der Waals surface area contributed by atoms with Crippen LogP contribution in [0.2, 0.25) is 0 Å². The van der Waals surface area contributed by atoms with Crippen molar-refractivity contribution in [2.45, 2.75) is 20.8 Å². The minimum Gasteiger partial charge on any atom is -0.477 e. The molecule has 0 aliphatic heterocycles. The molecular weight excluding hydrogens is 807 g/mol. The van der Waals surface area contributed by atoms with Crippen molar-refractivity contribution in [3.63, 3.8) is 0 Å². The van der Waals surface area contributed by atoms with Gasteiger partial charge in [0.2, 0.25) is 0 Å². The number of aliphatic carboxylic acids is 2. The van der Waals surface area contributed by atoms with Gasteiger partial charge < -0.3 is 15.1 Å². The SMILES string of the molecule is Cc1cc(C)c(N(c2ccc(/C=C/c3ccc(-c4ccc(/C=C(/C#N)C(=O)O)s4)cc3)cc2)c2ccc(/C=C/c3ccc(-c4ccc(/C=C(/C#N)C(=O)O)s4)cc3)cc2)c(C)c1. The largest absolute Gasteiger partial charge is 0.477 e. The lowest BCUT2D eigenvalue weighted by atomic mass is 10.0. The van der Waals surface area contributed by atoms with Crippen molar-refractivity contribution in [3.8, 4) is 33.0 Å². The standard InChI is InChI=1S/C53H39N3O4S2/c1-34-28-35(2)51(36(3)29-34)56(45-20-12-39(13-21-45)6-4-37-8-16-41(17-9-37)49-26-24-47(61-49)30-43(32-54)52(57)58)46-22-14-40(15-23-46)7-5-38-10-18-42(19-11-38)50-27-25-48(62-50)31-44(33-55)53(59)60/h4-31H,1-3H3,(H,57,58)(H,59,60)/b6-4+,7-5+,43-30-,44-31-. The van der Waals surface area contributed by atoms with E-state index in [-0.39, 0.29) is 11.1 Å². The van der Waals surface area contributed by atoms with Crippen LogP contribution in [0.5, 0.6) is 0 Å². The molecule has 5 aromatic carbocycles. The number of benzene rings is 5. The molecule has 2 aromatic heterocycles. The molecule has 302 valence electrons. The van der Waals surface area contributed by atoms with Crippen LogP contribution in [0, 0.1) is 43.4 Å². The zero-order valence-corrected chi connectivity index (χ0v) is 35.7. The Morgan fingerprint density at radius 3 is 1.18 bits per heavy atom. The molecule has 0 saturated carbocycles. The van der Waals surface area contributed by atoms with Crippen LogP contribution in [0.1, 0.15) is 48.7 Å². The number of hydrogen-bond acceptors (Lipinski definition) is 7. The molecule has 2 N–H and O–H groups in total. The van der Waals surface area contributed by atoms with Crippen LogP contribution in [0.25, 0.3) is 57.3 Å². The molecule has 0 aliphatic rings. The number of thiophene rings is 2. The second-order valence-corrected chi connectivity index (χ2v) is 16.8. The first-order valence-electron chi connectivity index (χ1n) is 19.5. The van der Waals surface area contributed by atoms with E-state index in [1.165, 1.54) is 51.5 Å². The second-order valence-electron chi connectivity index (χ2n) is 14.5. The van der Waals surface area contributed by atoms with Gasteiger partial charge in [0.1, 0.15) is 23.3 Å². The Labute approximate surface area is 368 Å². The molecule has 0 amide bonds. The summed E-state index contributed by atoms with van der Waals surface area (Å²) in [6.45, 7) is 6.44. The fourth-order valence-corrected chi connectivity index (χ4v) is 8.96. The number of nitriles is 2. The average molecular weight is 846 g/mol. The molecule has 0 bridgehead atoms. The third-order valence-electron chi connectivity index (χ3n) is 10.0. The van der Waals surface area contributed by atoms with Crippen LogP contribution in [-0.2, 0) is 9.59 Å². The maximum Gasteiger partial charge on any atom is 0.346 e. The fraction of sp³-hybridized carbons (Fsp3) is 0.0566. The number of carboxylic acid groups (broad SMARTS) is 2. The molecule has 0 unspecified atom stereocenters. The first-order valence-corrected chi connectivity index (χ1v) is 21.2. The lowest BCUT2D eigenvalue weighted by molar-refractivity contribution is -0.133. The van der Waals surface area contributed by atoms with Gasteiger partial charge in [-0.25, -0.2) is 9.59 Å². The van der Waals surface area contributed by atoms with Crippen LogP contribution in [0.4, 0.5) is 17.1 Å². The van der Waals surface area contributed by atoms with E-state index in [1.54, 1.807) is 12.1 Å². The first kappa shape index (κ1) is 42.3. The second kappa shape index (κ2) is 19.1. The summed E-state index contributed by atoms with van der Waals surface area (Å²) in [5.74, 6) is -2.47. The van der Waals surface area contributed by atoms with E-state index in [4.69, 9.17) is 10.5 Å². The smallest absolute Gasteiger partial charge is 0.346 e. The summed E-state index contributed by atoms with van der Waals surface area (Å²) in [6.07, 6.45) is 11.1. The number of hydrogen-bond donors (Lipinski definition) is 2. The summed E-state index contributed by atoms with van der Waals surface area (Å²) in [7, 11) is 0. The zero-order valence-electron chi connectivity index (χ0n) is 34.0. The van der Waals surface area contributed by atoms with Gasteiger partial charge >= 0.3 is 11.9 Å². The molecule has 0 aliphatic carbocycles. The van der Waals surface area contributed by atoms with Gasteiger partial charge in [-0.1, -0.05) is 115 Å². The van der Waals surface area contributed by atoms with Gasteiger partial charge in [0.15, 0.2) is 0 Å². The summed E-state index contributed by atoms with van der Waals surface area (Å²) in [5.41, 5.74) is 12.5. The van der Waals surface area contributed by atoms with Crippen molar-refractivity contribution < 1.29 is 19.8 Å². The summed E-state index contributed by atoms with van der Waals surface area (Å²) in [6, 6.07) is 48.9. The molecule has 7 rings (SSSR count). The van der Waals surface area contributed by atoms with Gasteiger partial charge in [0, 0.05) is 30.9 Å². The van der Waals surface area contributed by atoms with E-state index in [1.807, 2.05) is 48.5 Å². The van der Waals surface area contributed by atoms with Gasteiger partial charge in [0.25, 0.3) is 0 Å². The van der Waals surface area contributed by atoms with E-state index in [0.717, 1.165) is 60.2 Å². The third kappa shape index (κ3) is 10.1. The molecule has 0 fully saturated rings. The number of carboxylic acids is 2. The van der Waals surface area contributed by atoms with Gasteiger partial charge in [-0.2, -0.15) is 10.5 Å². The number of carbonyl (C=O) groups is 2. The van der Waals surface area contributed by atoms with Crippen molar-refractivity contribution in [3.05, 3.63) is 193 Å². The normalized spacial score (nSPS) is 11.8. The van der Waals surface area contributed by atoms with Gasteiger partial charge in [0.05, 0.1) is 5.69 Å². The lowest BCUT2D eigenvalue weighted by Crippen LogP contribution is -2.13. The van der Waals surface area contributed by atoms with Crippen LogP contribution in [0.15, 0.2) is 145 Å². The van der Waals surface area contributed by atoms with Crippen molar-refractivity contribution in [2.75, 3.05) is 4.90 Å². The van der Waals surface area contributed by atoms with E-state index in [0.29, 0.717) is 9.75 Å². The Morgan fingerprint density at radius 2 is 0.855 bits per heavy atom. The van der Waals surface area contributed by atoms with E-state index in [2.05, 4.69) is 135 Å². The summed E-state index contributed by atoms with van der Waals surface area (Å²) < 4.78 is 0. The molecule has 62 heavy (non-hydrogen) atoms. The summed E-state index contributed by atoms with van der Waals surface area (Å²) >= 11 is 2.87. The summed E-state index contributed by atoms with van der Waals surface area (Å²) in [4.78, 5) is 28.2. The minimum atomic E-state index is -1.24. The number of aryl methyl sites for hydroxylation is 3. The minimum absolute atomic E-state index is 0.291. The Hall–Kier alpha value is -7.82. The highest BCUT2D eigenvalue weighted by molar-refractivity contribution is 7.16. The Bertz CT molecular complexity index is 2790. The average Bonchev–Trinajstić information content (AvgIpc) is 3.95. The van der Waals surface area contributed by atoms with Gasteiger partial charge in [-0.15, -0.1) is 22.7 Å². The molecule has 0 saturated heterocycles. The van der Waals surface area contributed by atoms with Crippen molar-refractivity contribution in [2.24, 2.45) is 0 Å². The number of anilines is 3. The molecule has 0 atom stereocenters. The molecule has 7 nitrogen and oxygen atoms in total. The van der Waals surface area contributed by atoms with Gasteiger partial charge in [-0.05, 0) is 126 Å². The lowest BCUT2D eigenvalue weighted by Gasteiger charge is -2.29. The predicted octanol–water partition coefficient (Wildman–Crippen LogP) is 13.9. The summed E-state index contributed by atoms with van der Waals surface area (Å²) in [5, 5.41) is 36.5. The highest BCUT2D eigenvalue weighted by Gasteiger charge is 2.18. The topological polar surface area (TPSA) is 125 Å². The third-order valence-corrected chi connectivity index (χ3v) is 12.2. The van der Waals surface area contributed by atoms with E-state index >= 15 is 0 Å². The Balaban J connectivity index is 1.06.